The Labute approximate surface area is 178 Å². The molecule has 2 rings (SSSR count). The fraction of sp³-hybridized carbons (Fsp3) is 0.429. The second-order valence-corrected chi connectivity index (χ2v) is 7.23. The van der Waals surface area contributed by atoms with Gasteiger partial charge >= 0.3 is 17.9 Å². The lowest BCUT2D eigenvalue weighted by molar-refractivity contribution is -0.147. The predicted molar refractivity (Wildman–Crippen MR) is 107 cm³/mol. The molecule has 0 unspecified atom stereocenters. The van der Waals surface area contributed by atoms with Crippen LogP contribution in [0.5, 0.6) is 11.5 Å². The van der Waals surface area contributed by atoms with E-state index in [1.165, 1.54) is 7.11 Å². The Hall–Kier alpha value is -3.56. The second-order valence-electron chi connectivity index (χ2n) is 7.23. The van der Waals surface area contributed by atoms with Gasteiger partial charge < -0.3 is 30.1 Å². The van der Waals surface area contributed by atoms with Crippen LogP contribution in [0.2, 0.25) is 0 Å². The molecule has 10 heteroatoms. The molecule has 0 fully saturated rings. The van der Waals surface area contributed by atoms with Crippen molar-refractivity contribution in [3.8, 4) is 11.5 Å². The summed E-state index contributed by atoms with van der Waals surface area (Å²) in [6.07, 6.45) is 1.54. The van der Waals surface area contributed by atoms with Gasteiger partial charge in [0.05, 0.1) is 13.5 Å². The number of hydrogen-bond donors (Lipinski definition) is 4. The predicted octanol–water partition coefficient (Wildman–Crippen LogP) is 1.69. The summed E-state index contributed by atoms with van der Waals surface area (Å²) in [6.45, 7) is 3.62. The number of carboxylic acid groups (broad SMARTS) is 2. The molecule has 0 bridgehead atoms. The molecule has 0 saturated carbocycles. The van der Waals surface area contributed by atoms with Crippen molar-refractivity contribution in [3.63, 3.8) is 0 Å². The molecule has 0 aromatic heterocycles. The summed E-state index contributed by atoms with van der Waals surface area (Å²) in [4.78, 5) is 45.6. The van der Waals surface area contributed by atoms with Gasteiger partial charge in [-0.15, -0.1) is 0 Å². The third kappa shape index (κ3) is 5.53. The number of nitrogens with one attached hydrogen (secondary N) is 1. The number of aliphatic carboxylic acids is 2. The van der Waals surface area contributed by atoms with Gasteiger partial charge in [-0.3, -0.25) is 9.59 Å². The number of carbonyl (C=O) groups excluding carboxylic acids is 2. The molecular weight excluding hydrogens is 410 g/mol. The summed E-state index contributed by atoms with van der Waals surface area (Å²) in [5.74, 6) is -3.67. The average molecular weight is 435 g/mol. The zero-order valence-electron chi connectivity index (χ0n) is 17.5. The summed E-state index contributed by atoms with van der Waals surface area (Å²) >= 11 is 0. The average Bonchev–Trinajstić information content (AvgIpc) is 3.09. The number of allylic oxidation sites excluding steroid dienone is 2. The largest absolute Gasteiger partial charge is 0.507 e. The molecule has 1 aliphatic rings. The van der Waals surface area contributed by atoms with Gasteiger partial charge in [-0.1, -0.05) is 11.6 Å². The second kappa shape index (κ2) is 9.96. The minimum absolute atomic E-state index is 0.0373. The molecule has 1 heterocycles. The van der Waals surface area contributed by atoms with Crippen molar-refractivity contribution in [2.75, 3.05) is 7.11 Å². The fourth-order valence-electron chi connectivity index (χ4n) is 3.36. The van der Waals surface area contributed by atoms with E-state index in [2.05, 4.69) is 5.32 Å². The van der Waals surface area contributed by atoms with E-state index in [-0.39, 0.29) is 30.8 Å². The minimum atomic E-state index is -1.50. The van der Waals surface area contributed by atoms with Crippen LogP contribution < -0.4 is 10.1 Å². The summed E-state index contributed by atoms with van der Waals surface area (Å²) in [7, 11) is 1.46. The van der Waals surface area contributed by atoms with Gasteiger partial charge in [0.15, 0.2) is 0 Å². The highest BCUT2D eigenvalue weighted by Gasteiger charge is 2.31. The fourth-order valence-corrected chi connectivity index (χ4v) is 3.36. The van der Waals surface area contributed by atoms with Crippen molar-refractivity contribution in [1.29, 1.82) is 0 Å². The number of amides is 1. The standard InChI is InChI=1S/C21H25NO9/c1-10(5-7-15(23)22-14(20(27)28)8-16(24)25)4-6-12-18(26)17-13(9-31-21(17)29)11(2)19(12)30-3/h4,14,26H,5-9H2,1-3H3,(H,22,23)(H,24,25)(H,27,28)/b10-4+/t14-/m0/s1. The van der Waals surface area contributed by atoms with Crippen molar-refractivity contribution in [2.24, 2.45) is 0 Å². The van der Waals surface area contributed by atoms with Gasteiger partial charge in [0.1, 0.15) is 29.7 Å². The lowest BCUT2D eigenvalue weighted by Crippen LogP contribution is -2.42. The maximum atomic E-state index is 12.0. The number of benzene rings is 1. The Balaban J connectivity index is 2.08. The lowest BCUT2D eigenvalue weighted by atomic mass is 9.94. The van der Waals surface area contributed by atoms with Crippen LogP contribution in [-0.4, -0.2) is 52.3 Å². The molecule has 1 aromatic carbocycles. The Morgan fingerprint density at radius 3 is 2.52 bits per heavy atom. The summed E-state index contributed by atoms with van der Waals surface area (Å²) in [5, 5.41) is 30.5. The van der Waals surface area contributed by atoms with Gasteiger partial charge in [-0.2, -0.15) is 0 Å². The molecule has 1 atom stereocenters. The van der Waals surface area contributed by atoms with E-state index in [1.54, 1.807) is 19.9 Å². The van der Waals surface area contributed by atoms with Crippen LogP contribution in [0.15, 0.2) is 11.6 Å². The highest BCUT2D eigenvalue weighted by atomic mass is 16.5. The van der Waals surface area contributed by atoms with Crippen molar-refractivity contribution < 1.29 is 44.0 Å². The number of ether oxygens (including phenoxy) is 2. The van der Waals surface area contributed by atoms with E-state index in [0.717, 1.165) is 5.57 Å². The molecular formula is C21H25NO9. The summed E-state index contributed by atoms with van der Waals surface area (Å²) in [6, 6.07) is -1.50. The number of aromatic hydroxyl groups is 1. The molecule has 10 nitrogen and oxygen atoms in total. The first kappa shape index (κ1) is 23.7. The quantitative estimate of drug-likeness (QED) is 0.317. The molecule has 0 saturated heterocycles. The van der Waals surface area contributed by atoms with Crippen molar-refractivity contribution in [1.82, 2.24) is 5.32 Å². The maximum absolute atomic E-state index is 12.0. The number of methoxy groups -OCH3 is 1. The molecule has 168 valence electrons. The smallest absolute Gasteiger partial charge is 0.342 e. The lowest BCUT2D eigenvalue weighted by Gasteiger charge is -2.16. The Bertz CT molecular complexity index is 949. The molecule has 0 aliphatic carbocycles. The van der Waals surface area contributed by atoms with Crippen LogP contribution in [0.4, 0.5) is 0 Å². The van der Waals surface area contributed by atoms with Crippen LogP contribution in [0.25, 0.3) is 0 Å². The van der Waals surface area contributed by atoms with Crippen LogP contribution >= 0.6 is 0 Å². The third-order valence-electron chi connectivity index (χ3n) is 5.06. The molecule has 31 heavy (non-hydrogen) atoms. The first-order chi connectivity index (χ1) is 14.6. The Morgan fingerprint density at radius 1 is 1.26 bits per heavy atom. The van der Waals surface area contributed by atoms with Gasteiger partial charge in [0.25, 0.3) is 0 Å². The zero-order valence-corrected chi connectivity index (χ0v) is 17.5. The topological polar surface area (TPSA) is 159 Å². The van der Waals surface area contributed by atoms with Gasteiger partial charge in [0.2, 0.25) is 5.91 Å². The van der Waals surface area contributed by atoms with Crippen LogP contribution in [0, 0.1) is 6.92 Å². The number of phenolic OH excluding ortho intramolecular Hbond substituents is 1. The van der Waals surface area contributed by atoms with Crippen LogP contribution in [0.1, 0.15) is 53.2 Å². The van der Waals surface area contributed by atoms with Gasteiger partial charge in [-0.25, -0.2) is 9.59 Å². The monoisotopic (exact) mass is 435 g/mol. The van der Waals surface area contributed by atoms with Crippen LogP contribution in [0.3, 0.4) is 0 Å². The first-order valence-corrected chi connectivity index (χ1v) is 9.54. The van der Waals surface area contributed by atoms with Crippen LogP contribution in [-0.2, 0) is 32.1 Å². The molecule has 1 aromatic rings. The van der Waals surface area contributed by atoms with E-state index < -0.39 is 36.3 Å². The summed E-state index contributed by atoms with van der Waals surface area (Å²) in [5.41, 5.74) is 2.64. The molecule has 0 radical (unpaired) electrons. The number of rotatable bonds is 10. The first-order valence-electron chi connectivity index (χ1n) is 9.54. The Kier molecular flexibility index (Phi) is 7.62. The minimum Gasteiger partial charge on any atom is -0.507 e. The summed E-state index contributed by atoms with van der Waals surface area (Å²) < 4.78 is 10.4. The number of carboxylic acids is 2. The van der Waals surface area contributed by atoms with E-state index in [1.807, 2.05) is 0 Å². The Morgan fingerprint density at radius 2 is 1.94 bits per heavy atom. The SMILES string of the molecule is COc1c(C)c2c(c(O)c1C/C=C(\C)CCC(=O)N[C@@H](CC(=O)O)C(=O)O)C(=O)OC2. The van der Waals surface area contributed by atoms with Crippen molar-refractivity contribution in [3.05, 3.63) is 33.9 Å². The number of cyclic esters (lactones) is 1. The number of hydrogen-bond acceptors (Lipinski definition) is 7. The molecule has 4 N–H and O–H groups in total. The molecule has 1 amide bonds. The number of carbonyl (C=O) groups is 4. The van der Waals surface area contributed by atoms with E-state index in [0.29, 0.717) is 28.9 Å². The highest BCUT2D eigenvalue weighted by molar-refractivity contribution is 5.98. The highest BCUT2D eigenvalue weighted by Crippen LogP contribution is 2.42. The number of fused-ring (bicyclic) bond motifs is 1. The van der Waals surface area contributed by atoms with Crippen molar-refractivity contribution in [2.45, 2.75) is 52.2 Å². The van der Waals surface area contributed by atoms with E-state index in [9.17, 15) is 24.3 Å². The molecule has 1 aliphatic heterocycles. The third-order valence-corrected chi connectivity index (χ3v) is 5.06. The van der Waals surface area contributed by atoms with Gasteiger partial charge in [0, 0.05) is 17.5 Å². The van der Waals surface area contributed by atoms with Crippen molar-refractivity contribution >= 4 is 23.8 Å². The van der Waals surface area contributed by atoms with E-state index in [4.69, 9.17) is 19.7 Å². The van der Waals surface area contributed by atoms with Gasteiger partial charge in [-0.05, 0) is 32.3 Å². The zero-order chi connectivity index (χ0) is 23.3. The maximum Gasteiger partial charge on any atom is 0.342 e. The number of esters is 1. The molecule has 0 spiro atoms. The van der Waals surface area contributed by atoms with E-state index >= 15 is 0 Å². The normalized spacial score (nSPS) is 13.9. The number of phenols is 1.